The number of carbonyl (C=O) groups excluding carboxylic acids is 2. The van der Waals surface area contributed by atoms with Crippen LogP contribution in [0.5, 0.6) is 0 Å². The van der Waals surface area contributed by atoms with Crippen LogP contribution < -0.4 is 5.32 Å². The van der Waals surface area contributed by atoms with Crippen LogP contribution in [0.2, 0.25) is 0 Å². The van der Waals surface area contributed by atoms with Gasteiger partial charge in [-0.25, -0.2) is 14.6 Å². The van der Waals surface area contributed by atoms with E-state index in [4.69, 9.17) is 5.26 Å². The fourth-order valence-electron chi connectivity index (χ4n) is 2.15. The Kier molecular flexibility index (Phi) is 5.95. The van der Waals surface area contributed by atoms with Gasteiger partial charge >= 0.3 is 12.0 Å². The fourth-order valence-corrected chi connectivity index (χ4v) is 2.90. The van der Waals surface area contributed by atoms with Gasteiger partial charge in [0.2, 0.25) is 0 Å². The van der Waals surface area contributed by atoms with Crippen molar-refractivity contribution in [2.45, 2.75) is 32.9 Å². The molecule has 0 aliphatic heterocycles. The molecule has 2 rings (SSSR count). The zero-order valence-corrected chi connectivity index (χ0v) is 15.9. The number of nitrogens with zero attached hydrogens (tertiary/aromatic N) is 3. The van der Waals surface area contributed by atoms with Crippen LogP contribution in [0, 0.1) is 11.3 Å². The van der Waals surface area contributed by atoms with E-state index in [9.17, 15) is 9.59 Å². The number of nitriles is 1. The molecule has 1 aromatic heterocycles. The number of hydrogen-bond acceptors (Lipinski definition) is 6. The maximum atomic E-state index is 12.8. The maximum Gasteiger partial charge on any atom is 0.357 e. The molecular formula is C18H20N4O3S. The molecule has 2 aromatic rings. The second-order valence-electron chi connectivity index (χ2n) is 6.49. The third-order valence-electron chi connectivity index (χ3n) is 3.56. The number of rotatable bonds is 4. The first-order chi connectivity index (χ1) is 12.2. The number of urea groups is 1. The molecule has 1 heterocycles. The summed E-state index contributed by atoms with van der Waals surface area (Å²) < 4.78 is 4.66. The highest BCUT2D eigenvalue weighted by molar-refractivity contribution is 7.09. The van der Waals surface area contributed by atoms with E-state index in [1.165, 1.54) is 18.4 Å². The summed E-state index contributed by atoms with van der Waals surface area (Å²) in [5.74, 6) is -0.503. The Labute approximate surface area is 156 Å². The predicted octanol–water partition coefficient (Wildman–Crippen LogP) is 3.63. The van der Waals surface area contributed by atoms with Crippen molar-refractivity contribution >= 4 is 29.0 Å². The van der Waals surface area contributed by atoms with Crippen LogP contribution in [0.25, 0.3) is 0 Å². The number of esters is 1. The molecule has 8 heteroatoms. The molecule has 7 nitrogen and oxygen atoms in total. The van der Waals surface area contributed by atoms with Gasteiger partial charge in [-0.05, 0) is 45.0 Å². The van der Waals surface area contributed by atoms with Crippen molar-refractivity contribution in [2.24, 2.45) is 0 Å². The van der Waals surface area contributed by atoms with Gasteiger partial charge in [-0.2, -0.15) is 5.26 Å². The molecule has 0 aliphatic carbocycles. The minimum absolute atomic E-state index is 0.230. The van der Waals surface area contributed by atoms with Gasteiger partial charge in [-0.15, -0.1) is 11.3 Å². The van der Waals surface area contributed by atoms with E-state index < -0.39 is 11.5 Å². The Morgan fingerprint density at radius 3 is 2.50 bits per heavy atom. The molecule has 0 bridgehead atoms. The van der Waals surface area contributed by atoms with Gasteiger partial charge < -0.3 is 15.0 Å². The molecule has 1 aromatic carbocycles. The Bertz CT molecular complexity index is 831. The largest absolute Gasteiger partial charge is 0.464 e. The molecule has 0 saturated heterocycles. The van der Waals surface area contributed by atoms with E-state index in [1.54, 1.807) is 34.5 Å². The van der Waals surface area contributed by atoms with E-state index >= 15 is 0 Å². The quantitative estimate of drug-likeness (QED) is 0.827. The summed E-state index contributed by atoms with van der Waals surface area (Å²) in [6.45, 7) is 6.01. The maximum absolute atomic E-state index is 12.8. The zero-order chi connectivity index (χ0) is 19.3. The van der Waals surface area contributed by atoms with Gasteiger partial charge in [0.15, 0.2) is 5.69 Å². The third-order valence-corrected chi connectivity index (χ3v) is 4.39. The molecule has 0 radical (unpaired) electrons. The Hall–Kier alpha value is -2.92. The van der Waals surface area contributed by atoms with Crippen LogP contribution in [-0.4, -0.2) is 34.5 Å². The zero-order valence-electron chi connectivity index (χ0n) is 15.1. The number of aromatic nitrogens is 1. The highest BCUT2D eigenvalue weighted by Crippen LogP contribution is 2.22. The smallest absolute Gasteiger partial charge is 0.357 e. The molecule has 1 N–H and O–H groups in total. The highest BCUT2D eigenvalue weighted by Gasteiger charge is 2.28. The average Bonchev–Trinajstić information content (AvgIpc) is 3.07. The lowest BCUT2D eigenvalue weighted by Crippen LogP contribution is -2.47. The first-order valence-electron chi connectivity index (χ1n) is 7.86. The first kappa shape index (κ1) is 19.4. The predicted molar refractivity (Wildman–Crippen MR) is 98.9 cm³/mol. The van der Waals surface area contributed by atoms with Crippen LogP contribution in [0.4, 0.5) is 10.5 Å². The number of nitrogens with one attached hydrogen (secondary N) is 1. The third kappa shape index (κ3) is 4.80. The second-order valence-corrected chi connectivity index (χ2v) is 7.44. The average molecular weight is 372 g/mol. The summed E-state index contributed by atoms with van der Waals surface area (Å²) in [5, 5.41) is 13.9. The molecule has 0 unspecified atom stereocenters. The molecular weight excluding hydrogens is 352 g/mol. The van der Waals surface area contributed by atoms with Gasteiger partial charge in [0.1, 0.15) is 5.01 Å². The van der Waals surface area contributed by atoms with E-state index in [1.807, 2.05) is 26.8 Å². The Morgan fingerprint density at radius 1 is 1.31 bits per heavy atom. The lowest BCUT2D eigenvalue weighted by atomic mass is 10.1. The number of hydrogen-bond donors (Lipinski definition) is 1. The molecule has 0 saturated carbocycles. The van der Waals surface area contributed by atoms with Crippen molar-refractivity contribution in [3.05, 3.63) is 45.9 Å². The van der Waals surface area contributed by atoms with Crippen molar-refractivity contribution in [3.63, 3.8) is 0 Å². The van der Waals surface area contributed by atoms with Gasteiger partial charge in [0.25, 0.3) is 0 Å². The van der Waals surface area contributed by atoms with Gasteiger partial charge in [-0.3, -0.25) is 0 Å². The molecule has 26 heavy (non-hydrogen) atoms. The molecule has 0 aliphatic rings. The van der Waals surface area contributed by atoms with E-state index in [0.717, 1.165) is 0 Å². The molecule has 2 amide bonds. The van der Waals surface area contributed by atoms with Crippen LogP contribution in [0.15, 0.2) is 29.6 Å². The Balaban J connectivity index is 2.16. The van der Waals surface area contributed by atoms with Crippen molar-refractivity contribution in [1.82, 2.24) is 9.88 Å². The standard InChI is InChI=1S/C18H20N4O3S/c1-18(2,3)22(10-15-21-14(11-26-15)16(23)25-4)17(24)20-13-7-5-12(9-19)6-8-13/h5-8,11H,10H2,1-4H3,(H,20,24). The minimum Gasteiger partial charge on any atom is -0.464 e. The van der Waals surface area contributed by atoms with Gasteiger partial charge in [-0.1, -0.05) is 0 Å². The molecule has 0 atom stereocenters. The van der Waals surface area contributed by atoms with E-state index in [-0.39, 0.29) is 18.3 Å². The van der Waals surface area contributed by atoms with Crippen LogP contribution in [-0.2, 0) is 11.3 Å². The SMILES string of the molecule is COC(=O)c1csc(CN(C(=O)Nc2ccc(C#N)cc2)C(C)(C)C)n1. The Morgan fingerprint density at radius 2 is 1.96 bits per heavy atom. The minimum atomic E-state index is -0.503. The van der Waals surface area contributed by atoms with Crippen molar-refractivity contribution in [3.8, 4) is 6.07 Å². The van der Waals surface area contributed by atoms with Crippen molar-refractivity contribution in [1.29, 1.82) is 5.26 Å². The lowest BCUT2D eigenvalue weighted by Gasteiger charge is -2.35. The number of ether oxygens (including phenoxy) is 1. The fraction of sp³-hybridized carbons (Fsp3) is 0.333. The van der Waals surface area contributed by atoms with Crippen molar-refractivity contribution in [2.75, 3.05) is 12.4 Å². The number of amides is 2. The summed E-state index contributed by atoms with van der Waals surface area (Å²) >= 11 is 1.30. The summed E-state index contributed by atoms with van der Waals surface area (Å²) in [7, 11) is 1.30. The van der Waals surface area contributed by atoms with Crippen molar-refractivity contribution < 1.29 is 14.3 Å². The molecule has 0 spiro atoms. The normalized spacial score (nSPS) is 10.7. The van der Waals surface area contributed by atoms with E-state index in [2.05, 4.69) is 15.0 Å². The number of thiazole rings is 1. The topological polar surface area (TPSA) is 95.3 Å². The van der Waals surface area contributed by atoms with Gasteiger partial charge in [0.05, 0.1) is 25.3 Å². The lowest BCUT2D eigenvalue weighted by molar-refractivity contribution is 0.0594. The highest BCUT2D eigenvalue weighted by atomic mass is 32.1. The van der Waals surface area contributed by atoms with E-state index in [0.29, 0.717) is 16.3 Å². The number of anilines is 1. The van der Waals surface area contributed by atoms with Crippen LogP contribution in [0.1, 0.15) is 41.8 Å². The number of carbonyl (C=O) groups is 2. The second kappa shape index (κ2) is 7.97. The summed E-state index contributed by atoms with van der Waals surface area (Å²) in [6.07, 6.45) is 0. The monoisotopic (exact) mass is 372 g/mol. The molecule has 136 valence electrons. The number of benzene rings is 1. The number of methoxy groups -OCH3 is 1. The van der Waals surface area contributed by atoms with Crippen LogP contribution >= 0.6 is 11.3 Å². The summed E-state index contributed by atoms with van der Waals surface area (Å²) in [4.78, 5) is 30.2. The molecule has 0 fully saturated rings. The van der Waals surface area contributed by atoms with Crippen LogP contribution in [0.3, 0.4) is 0 Å². The first-order valence-corrected chi connectivity index (χ1v) is 8.74. The van der Waals surface area contributed by atoms with Gasteiger partial charge in [0, 0.05) is 16.6 Å². The summed E-state index contributed by atoms with van der Waals surface area (Å²) in [6, 6.07) is 8.37. The summed E-state index contributed by atoms with van der Waals surface area (Å²) in [5.41, 5.74) is 0.883.